The Kier molecular flexibility index (Phi) is 8.83. The average Bonchev–Trinajstić information content (AvgIpc) is 3.39. The van der Waals surface area contributed by atoms with Crippen LogP contribution in [0.1, 0.15) is 86.0 Å². The molecule has 0 spiro atoms. The minimum atomic E-state index is -1.18. The fourth-order valence-corrected chi connectivity index (χ4v) is 2.67. The lowest BCUT2D eigenvalue weighted by Crippen LogP contribution is -2.39. The molecule has 0 amide bonds. The summed E-state index contributed by atoms with van der Waals surface area (Å²) in [5.74, 6) is -2.11. The van der Waals surface area contributed by atoms with Crippen LogP contribution in [0.5, 0.6) is 0 Å². The zero-order valence-electron chi connectivity index (χ0n) is 20.5. The average molecular weight is 439 g/mol. The highest BCUT2D eigenvalue weighted by Gasteiger charge is 2.63. The largest absolute Gasteiger partial charge is 0.456 e. The van der Waals surface area contributed by atoms with Gasteiger partial charge in [-0.2, -0.15) is 14.7 Å². The van der Waals surface area contributed by atoms with Crippen LogP contribution in [0.3, 0.4) is 0 Å². The molecule has 1 unspecified atom stereocenters. The molecule has 0 bridgehead atoms. The first-order valence-corrected chi connectivity index (χ1v) is 10.5. The molecule has 0 N–H and O–H groups in total. The lowest BCUT2D eigenvalue weighted by atomic mass is 9.82. The van der Waals surface area contributed by atoms with Crippen molar-refractivity contribution in [1.29, 1.82) is 0 Å². The topological polar surface area (TPSA) is 86.9 Å². The van der Waals surface area contributed by atoms with Crippen LogP contribution in [0.4, 0.5) is 0 Å². The monoisotopic (exact) mass is 438 g/mol. The minimum Gasteiger partial charge on any atom is -0.456 e. The molecule has 1 heterocycles. The van der Waals surface area contributed by atoms with E-state index in [1.807, 2.05) is 54.5 Å². The Morgan fingerprint density at radius 3 is 1.81 bits per heavy atom. The van der Waals surface area contributed by atoms with E-state index in [4.69, 9.17) is 19.4 Å². The van der Waals surface area contributed by atoms with E-state index in [2.05, 4.69) is 25.7 Å². The fourth-order valence-electron chi connectivity index (χ4n) is 2.67. The molecule has 0 aliphatic carbocycles. The van der Waals surface area contributed by atoms with Gasteiger partial charge in [-0.1, -0.05) is 45.9 Å². The number of esters is 1. The van der Waals surface area contributed by atoms with Crippen molar-refractivity contribution in [2.75, 3.05) is 0 Å². The summed E-state index contributed by atoms with van der Waals surface area (Å²) in [7, 11) is 0. The quantitative estimate of drug-likeness (QED) is 0.255. The van der Waals surface area contributed by atoms with Gasteiger partial charge in [-0.25, -0.2) is 9.59 Å². The summed E-state index contributed by atoms with van der Waals surface area (Å²) in [4.78, 5) is 42.8. The van der Waals surface area contributed by atoms with E-state index >= 15 is 0 Å². The molecule has 176 valence electrons. The standard InChI is InChI=1S/C13H24O4.C11H14O3/c1-9(8-11(2,3)4)13(16-17-13)10(14)15-12(5,6)7;1-11(2,3)14-13-10(12)9-7-5-4-6-8-9/h9H,8H2,1-7H3;4-8H,1-3H3. The summed E-state index contributed by atoms with van der Waals surface area (Å²) in [6.45, 7) is 19.2. The molecule has 1 aliphatic rings. The number of ether oxygens (including phenoxy) is 1. The predicted molar refractivity (Wildman–Crippen MR) is 117 cm³/mol. The SMILES string of the molecule is CC(C)(C)OOC(=O)c1ccccc1.CC(CC(C)(C)C)C1(C(=O)OC(C)(C)C)OO1. The van der Waals surface area contributed by atoms with Crippen molar-refractivity contribution in [3.63, 3.8) is 0 Å². The third-order valence-electron chi connectivity index (χ3n) is 3.89. The van der Waals surface area contributed by atoms with Crippen molar-refractivity contribution in [3.05, 3.63) is 35.9 Å². The maximum absolute atomic E-state index is 12.0. The van der Waals surface area contributed by atoms with Gasteiger partial charge in [0, 0.05) is 5.92 Å². The Bertz CT molecular complexity index is 717. The number of benzene rings is 1. The van der Waals surface area contributed by atoms with E-state index < -0.39 is 28.9 Å². The molecule has 31 heavy (non-hydrogen) atoms. The number of hydrogen-bond acceptors (Lipinski definition) is 7. The molecule has 1 aromatic rings. The van der Waals surface area contributed by atoms with Crippen molar-refractivity contribution in [2.24, 2.45) is 11.3 Å². The molecule has 1 atom stereocenters. The number of rotatable bonds is 5. The first-order valence-electron chi connectivity index (χ1n) is 10.5. The highest BCUT2D eigenvalue weighted by molar-refractivity contribution is 5.88. The minimum absolute atomic E-state index is 0.0302. The third kappa shape index (κ3) is 10.3. The van der Waals surface area contributed by atoms with Crippen molar-refractivity contribution in [2.45, 2.75) is 92.6 Å². The Morgan fingerprint density at radius 2 is 1.42 bits per heavy atom. The highest BCUT2D eigenvalue weighted by Crippen LogP contribution is 2.44. The Hall–Kier alpha value is -1.96. The molecule has 1 aromatic carbocycles. The number of carbonyl (C=O) groups is 2. The first kappa shape index (κ1) is 27.1. The van der Waals surface area contributed by atoms with Crippen molar-refractivity contribution in [3.8, 4) is 0 Å². The zero-order chi connectivity index (χ0) is 24.1. The van der Waals surface area contributed by atoms with Crippen LogP contribution in [0.25, 0.3) is 0 Å². The van der Waals surface area contributed by atoms with Gasteiger partial charge >= 0.3 is 17.7 Å². The molecule has 1 fully saturated rings. The van der Waals surface area contributed by atoms with Gasteiger partial charge in [0.1, 0.15) is 11.2 Å². The predicted octanol–water partition coefficient (Wildman–Crippen LogP) is 5.63. The second-order valence-corrected chi connectivity index (χ2v) is 10.9. The van der Waals surface area contributed by atoms with Gasteiger partial charge in [0.15, 0.2) is 0 Å². The van der Waals surface area contributed by atoms with Crippen LogP contribution in [0, 0.1) is 11.3 Å². The Labute approximate surface area is 186 Å². The Morgan fingerprint density at radius 1 is 0.903 bits per heavy atom. The second kappa shape index (κ2) is 10.1. The van der Waals surface area contributed by atoms with Crippen LogP contribution in [0.15, 0.2) is 30.3 Å². The van der Waals surface area contributed by atoms with Gasteiger partial charge in [-0.15, -0.1) is 0 Å². The molecule has 2 rings (SSSR count). The summed E-state index contributed by atoms with van der Waals surface area (Å²) >= 11 is 0. The van der Waals surface area contributed by atoms with Crippen LogP contribution in [0.2, 0.25) is 0 Å². The molecule has 0 saturated carbocycles. The smallest absolute Gasteiger partial charge is 0.373 e. The molecule has 1 aliphatic heterocycles. The van der Waals surface area contributed by atoms with E-state index in [-0.39, 0.29) is 11.3 Å². The normalized spacial score (nSPS) is 16.5. The summed E-state index contributed by atoms with van der Waals surface area (Å²) in [6.07, 6.45) is 0.826. The van der Waals surface area contributed by atoms with Crippen LogP contribution < -0.4 is 0 Å². The summed E-state index contributed by atoms with van der Waals surface area (Å²) in [5, 5.41) is 0. The maximum atomic E-state index is 12.0. The van der Waals surface area contributed by atoms with E-state index in [1.54, 1.807) is 24.3 Å². The second-order valence-electron chi connectivity index (χ2n) is 10.9. The number of hydrogen-bond donors (Lipinski definition) is 0. The highest BCUT2D eigenvalue weighted by atomic mass is 17.4. The van der Waals surface area contributed by atoms with E-state index in [9.17, 15) is 9.59 Å². The van der Waals surface area contributed by atoms with Crippen LogP contribution >= 0.6 is 0 Å². The van der Waals surface area contributed by atoms with E-state index in [0.717, 1.165) is 6.42 Å². The molecular formula is C24H38O7. The van der Waals surface area contributed by atoms with Gasteiger partial charge in [0.25, 0.3) is 0 Å². The molecular weight excluding hydrogens is 400 g/mol. The van der Waals surface area contributed by atoms with Gasteiger partial charge in [0.2, 0.25) is 0 Å². The first-order chi connectivity index (χ1) is 14.0. The van der Waals surface area contributed by atoms with Crippen LogP contribution in [-0.4, -0.2) is 28.9 Å². The molecule has 0 aromatic heterocycles. The fraction of sp³-hybridized carbons (Fsp3) is 0.667. The van der Waals surface area contributed by atoms with Crippen molar-refractivity contribution < 1.29 is 33.9 Å². The molecule has 7 nitrogen and oxygen atoms in total. The summed E-state index contributed by atoms with van der Waals surface area (Å²) < 4.78 is 5.31. The third-order valence-corrected chi connectivity index (χ3v) is 3.89. The molecule has 0 radical (unpaired) electrons. The summed E-state index contributed by atoms with van der Waals surface area (Å²) in [5.41, 5.74) is -0.411. The van der Waals surface area contributed by atoms with Crippen molar-refractivity contribution >= 4 is 11.9 Å². The maximum Gasteiger partial charge on any atom is 0.373 e. The lowest BCUT2D eigenvalue weighted by Gasteiger charge is -2.26. The van der Waals surface area contributed by atoms with Gasteiger partial charge in [0.05, 0.1) is 5.56 Å². The zero-order valence-corrected chi connectivity index (χ0v) is 20.5. The van der Waals surface area contributed by atoms with E-state index in [0.29, 0.717) is 5.56 Å². The van der Waals surface area contributed by atoms with Gasteiger partial charge in [-0.3, -0.25) is 4.89 Å². The van der Waals surface area contributed by atoms with Crippen LogP contribution in [-0.2, 0) is 29.1 Å². The van der Waals surface area contributed by atoms with Crippen molar-refractivity contribution in [1.82, 2.24) is 0 Å². The Balaban J connectivity index is 0.000000316. The van der Waals surface area contributed by atoms with Gasteiger partial charge in [-0.05, 0) is 65.5 Å². The summed E-state index contributed by atoms with van der Waals surface area (Å²) in [6, 6.07) is 8.73. The van der Waals surface area contributed by atoms with Gasteiger partial charge < -0.3 is 4.74 Å². The molecule has 1 saturated heterocycles. The van der Waals surface area contributed by atoms with E-state index in [1.165, 1.54) is 0 Å². The number of carbonyl (C=O) groups excluding carboxylic acids is 2. The molecule has 7 heteroatoms. The lowest BCUT2D eigenvalue weighted by molar-refractivity contribution is -0.301.